The molecule has 2 aromatic rings. The van der Waals surface area contributed by atoms with Gasteiger partial charge < -0.3 is 9.84 Å². The molecule has 0 spiro atoms. The van der Waals surface area contributed by atoms with Crippen LogP contribution in [0.15, 0.2) is 29.1 Å². The molecule has 1 aromatic heterocycles. The predicted molar refractivity (Wildman–Crippen MR) is 77.8 cm³/mol. The van der Waals surface area contributed by atoms with Crippen molar-refractivity contribution in [1.29, 1.82) is 0 Å². The molecule has 0 amide bonds. The SMILES string of the molecule is COc1ccc(Cl)cc1-c1cc(CCC(=O)O)c(=O)[nH]n1. The number of methoxy groups -OCH3 is 1. The molecule has 0 fully saturated rings. The number of carboxylic acids is 1. The lowest BCUT2D eigenvalue weighted by Gasteiger charge is -2.09. The number of aromatic amines is 1. The van der Waals surface area contributed by atoms with Gasteiger partial charge in [-0.15, -0.1) is 0 Å². The smallest absolute Gasteiger partial charge is 0.303 e. The number of benzene rings is 1. The lowest BCUT2D eigenvalue weighted by molar-refractivity contribution is -0.136. The Morgan fingerprint density at radius 2 is 2.19 bits per heavy atom. The number of hydrogen-bond acceptors (Lipinski definition) is 4. The first kappa shape index (κ1) is 15.1. The normalized spacial score (nSPS) is 10.4. The molecule has 0 saturated heterocycles. The number of H-pyrrole nitrogens is 1. The van der Waals surface area contributed by atoms with Crippen LogP contribution in [0.4, 0.5) is 0 Å². The van der Waals surface area contributed by atoms with E-state index in [9.17, 15) is 9.59 Å². The van der Waals surface area contributed by atoms with Crippen LogP contribution in [0.25, 0.3) is 11.3 Å². The largest absolute Gasteiger partial charge is 0.496 e. The Morgan fingerprint density at radius 1 is 1.43 bits per heavy atom. The Kier molecular flexibility index (Phi) is 4.59. The Balaban J connectivity index is 2.45. The molecule has 0 radical (unpaired) electrons. The third kappa shape index (κ3) is 3.61. The van der Waals surface area contributed by atoms with Crippen LogP contribution in [-0.4, -0.2) is 28.4 Å². The van der Waals surface area contributed by atoms with Gasteiger partial charge in [-0.25, -0.2) is 5.10 Å². The van der Waals surface area contributed by atoms with Crippen LogP contribution in [0.3, 0.4) is 0 Å². The highest BCUT2D eigenvalue weighted by Gasteiger charge is 2.12. The number of hydrogen-bond donors (Lipinski definition) is 2. The summed E-state index contributed by atoms with van der Waals surface area (Å²) in [5.41, 5.74) is 1.04. The predicted octanol–water partition coefficient (Wildman–Crippen LogP) is 2.12. The van der Waals surface area contributed by atoms with Crippen molar-refractivity contribution in [2.45, 2.75) is 12.8 Å². The third-order valence-corrected chi connectivity index (χ3v) is 3.16. The average molecular weight is 309 g/mol. The summed E-state index contributed by atoms with van der Waals surface area (Å²) in [6, 6.07) is 6.60. The number of halogens is 1. The first-order valence-electron chi connectivity index (χ1n) is 6.15. The summed E-state index contributed by atoms with van der Waals surface area (Å²) in [7, 11) is 1.52. The number of nitrogens with zero attached hydrogens (tertiary/aromatic N) is 1. The van der Waals surface area contributed by atoms with Gasteiger partial charge in [-0.05, 0) is 30.7 Å². The molecule has 0 aliphatic rings. The Labute approximate surface area is 125 Å². The minimum atomic E-state index is -0.965. The highest BCUT2D eigenvalue weighted by Crippen LogP contribution is 2.30. The molecule has 0 saturated carbocycles. The van der Waals surface area contributed by atoms with Gasteiger partial charge in [0.05, 0.1) is 12.8 Å². The molecule has 1 heterocycles. The van der Waals surface area contributed by atoms with E-state index in [1.165, 1.54) is 7.11 Å². The number of aromatic nitrogens is 2. The summed E-state index contributed by atoms with van der Waals surface area (Å²) in [6.07, 6.45) is 0.00226. The quantitative estimate of drug-likeness (QED) is 0.882. The van der Waals surface area contributed by atoms with Crippen molar-refractivity contribution in [2.24, 2.45) is 0 Å². The summed E-state index contributed by atoms with van der Waals surface area (Å²) in [6.45, 7) is 0. The molecule has 1 aromatic carbocycles. The van der Waals surface area contributed by atoms with Gasteiger partial charge in [-0.1, -0.05) is 11.6 Å². The van der Waals surface area contributed by atoms with Crippen molar-refractivity contribution in [1.82, 2.24) is 10.2 Å². The second-order valence-corrected chi connectivity index (χ2v) is 4.78. The highest BCUT2D eigenvalue weighted by molar-refractivity contribution is 6.30. The van der Waals surface area contributed by atoms with Crippen molar-refractivity contribution in [3.05, 3.63) is 45.2 Å². The van der Waals surface area contributed by atoms with Crippen molar-refractivity contribution in [3.8, 4) is 17.0 Å². The van der Waals surface area contributed by atoms with E-state index in [1.807, 2.05) is 0 Å². The molecule has 0 bridgehead atoms. The molecule has 6 nitrogen and oxygen atoms in total. The average Bonchev–Trinajstić information content (AvgIpc) is 2.46. The molecular weight excluding hydrogens is 296 g/mol. The minimum Gasteiger partial charge on any atom is -0.496 e. The van der Waals surface area contributed by atoms with Gasteiger partial charge in [0.25, 0.3) is 5.56 Å². The lowest BCUT2D eigenvalue weighted by atomic mass is 10.1. The standard InChI is InChI=1S/C14H13ClN2O4/c1-21-12-4-3-9(15)7-10(12)11-6-8(2-5-13(18)19)14(20)17-16-11/h3-4,6-7H,2,5H2,1H3,(H,17,20)(H,18,19). The van der Waals surface area contributed by atoms with Crippen LogP contribution in [0.5, 0.6) is 5.75 Å². The van der Waals surface area contributed by atoms with E-state index in [-0.39, 0.29) is 12.8 Å². The van der Waals surface area contributed by atoms with E-state index < -0.39 is 11.5 Å². The first-order valence-corrected chi connectivity index (χ1v) is 6.53. The minimum absolute atomic E-state index is 0.126. The molecule has 2 N–H and O–H groups in total. The van der Waals surface area contributed by atoms with E-state index in [2.05, 4.69) is 10.2 Å². The van der Waals surface area contributed by atoms with Crippen LogP contribution in [0.1, 0.15) is 12.0 Å². The second-order valence-electron chi connectivity index (χ2n) is 4.35. The zero-order valence-corrected chi connectivity index (χ0v) is 12.0. The Morgan fingerprint density at radius 3 is 2.86 bits per heavy atom. The van der Waals surface area contributed by atoms with Crippen molar-refractivity contribution in [2.75, 3.05) is 7.11 Å². The number of carboxylic acid groups (broad SMARTS) is 1. The van der Waals surface area contributed by atoms with E-state index in [1.54, 1.807) is 24.3 Å². The zero-order valence-electron chi connectivity index (χ0n) is 11.2. The third-order valence-electron chi connectivity index (χ3n) is 2.93. The molecule has 2 rings (SSSR count). The lowest BCUT2D eigenvalue weighted by Crippen LogP contribution is -2.15. The van der Waals surface area contributed by atoms with Crippen LogP contribution >= 0.6 is 11.6 Å². The van der Waals surface area contributed by atoms with Gasteiger partial charge in [0.1, 0.15) is 5.75 Å². The molecule has 21 heavy (non-hydrogen) atoms. The van der Waals surface area contributed by atoms with E-state index in [4.69, 9.17) is 21.4 Å². The van der Waals surface area contributed by atoms with E-state index in [0.29, 0.717) is 27.6 Å². The number of aliphatic carboxylic acids is 1. The second kappa shape index (κ2) is 6.41. The fourth-order valence-electron chi connectivity index (χ4n) is 1.89. The number of ether oxygens (including phenoxy) is 1. The summed E-state index contributed by atoms with van der Waals surface area (Å²) < 4.78 is 5.24. The summed E-state index contributed by atoms with van der Waals surface area (Å²) in [4.78, 5) is 22.3. The molecule has 0 aliphatic heterocycles. The monoisotopic (exact) mass is 308 g/mol. The number of rotatable bonds is 5. The molecule has 7 heteroatoms. The van der Waals surface area contributed by atoms with Crippen LogP contribution in [0, 0.1) is 0 Å². The number of nitrogens with one attached hydrogen (secondary N) is 1. The summed E-state index contributed by atoms with van der Waals surface area (Å²) in [5.74, 6) is -0.406. The summed E-state index contributed by atoms with van der Waals surface area (Å²) in [5, 5.41) is 15.5. The maximum atomic E-state index is 11.7. The van der Waals surface area contributed by atoms with Crippen molar-refractivity contribution in [3.63, 3.8) is 0 Å². The van der Waals surface area contributed by atoms with E-state index >= 15 is 0 Å². The van der Waals surface area contributed by atoms with Crippen molar-refractivity contribution >= 4 is 17.6 Å². The molecule has 0 aliphatic carbocycles. The Bertz CT molecular complexity index is 727. The fourth-order valence-corrected chi connectivity index (χ4v) is 2.06. The van der Waals surface area contributed by atoms with Gasteiger partial charge in [-0.2, -0.15) is 5.10 Å². The maximum Gasteiger partial charge on any atom is 0.303 e. The zero-order chi connectivity index (χ0) is 15.4. The topological polar surface area (TPSA) is 92.3 Å². The van der Waals surface area contributed by atoms with Crippen LogP contribution in [0.2, 0.25) is 5.02 Å². The van der Waals surface area contributed by atoms with Gasteiger partial charge >= 0.3 is 5.97 Å². The van der Waals surface area contributed by atoms with E-state index in [0.717, 1.165) is 0 Å². The van der Waals surface area contributed by atoms with Gasteiger partial charge in [0, 0.05) is 22.6 Å². The molecule has 0 unspecified atom stereocenters. The van der Waals surface area contributed by atoms with Crippen LogP contribution in [-0.2, 0) is 11.2 Å². The Hall–Kier alpha value is -2.34. The number of carbonyl (C=O) groups is 1. The number of aryl methyl sites for hydroxylation is 1. The van der Waals surface area contributed by atoms with Crippen LogP contribution < -0.4 is 10.3 Å². The fraction of sp³-hybridized carbons (Fsp3) is 0.214. The van der Waals surface area contributed by atoms with Gasteiger partial charge in [-0.3, -0.25) is 9.59 Å². The highest BCUT2D eigenvalue weighted by atomic mass is 35.5. The van der Waals surface area contributed by atoms with Gasteiger partial charge in [0.15, 0.2) is 0 Å². The molecular formula is C14H13ClN2O4. The summed E-state index contributed by atoms with van der Waals surface area (Å²) >= 11 is 5.96. The maximum absolute atomic E-state index is 11.7. The van der Waals surface area contributed by atoms with Gasteiger partial charge in [0.2, 0.25) is 0 Å². The molecule has 110 valence electrons. The first-order chi connectivity index (χ1) is 10.0. The molecule has 0 atom stereocenters. The van der Waals surface area contributed by atoms with Crippen molar-refractivity contribution < 1.29 is 14.6 Å².